The summed E-state index contributed by atoms with van der Waals surface area (Å²) in [7, 11) is 1.95. The van der Waals surface area contributed by atoms with Gasteiger partial charge in [-0.1, -0.05) is 6.07 Å². The van der Waals surface area contributed by atoms with Crippen molar-refractivity contribution >= 4 is 17.3 Å². The zero-order valence-corrected chi connectivity index (χ0v) is 15.4. The molecule has 0 aromatic carbocycles. The highest BCUT2D eigenvalue weighted by atomic mass is 32.1. The van der Waals surface area contributed by atoms with Crippen LogP contribution in [-0.4, -0.2) is 40.5 Å². The Balaban J connectivity index is 1.89. The normalized spacial score (nSPS) is 11.7. The molecule has 0 fully saturated rings. The third kappa shape index (κ3) is 5.93. The number of nitrogens with zero attached hydrogens (tertiary/aromatic N) is 4. The fraction of sp³-hybridized carbons (Fsp3) is 0.562. The predicted molar refractivity (Wildman–Crippen MR) is 97.2 cm³/mol. The van der Waals surface area contributed by atoms with Gasteiger partial charge < -0.3 is 19.9 Å². The van der Waals surface area contributed by atoms with Gasteiger partial charge in [0.1, 0.15) is 12.4 Å². The van der Waals surface area contributed by atoms with Crippen molar-refractivity contribution in [2.75, 3.05) is 19.8 Å². The fourth-order valence-electron chi connectivity index (χ4n) is 2.02. The number of aliphatic imine (C=N–C) groups is 1. The molecule has 0 bridgehead atoms. The lowest BCUT2D eigenvalue weighted by atomic mass is 10.4. The molecule has 2 aromatic heterocycles. The van der Waals surface area contributed by atoms with E-state index in [1.165, 1.54) is 4.88 Å². The second kappa shape index (κ2) is 10.0. The van der Waals surface area contributed by atoms with Crippen LogP contribution in [0.1, 0.15) is 29.9 Å². The van der Waals surface area contributed by atoms with Crippen LogP contribution in [0.5, 0.6) is 0 Å². The highest BCUT2D eigenvalue weighted by Crippen LogP contribution is 2.07. The van der Waals surface area contributed by atoms with Crippen molar-refractivity contribution in [3.63, 3.8) is 0 Å². The van der Waals surface area contributed by atoms with Crippen molar-refractivity contribution in [1.29, 1.82) is 0 Å². The monoisotopic (exact) mass is 350 g/mol. The molecule has 0 unspecified atom stereocenters. The Morgan fingerprint density at radius 1 is 1.38 bits per heavy atom. The molecule has 2 aromatic rings. The Morgan fingerprint density at radius 3 is 2.92 bits per heavy atom. The Kier molecular flexibility index (Phi) is 7.70. The van der Waals surface area contributed by atoms with Crippen LogP contribution in [0.25, 0.3) is 0 Å². The molecule has 0 aliphatic rings. The molecule has 2 heterocycles. The van der Waals surface area contributed by atoms with E-state index in [1.807, 2.05) is 25.5 Å². The lowest BCUT2D eigenvalue weighted by Crippen LogP contribution is -2.37. The van der Waals surface area contributed by atoms with Crippen LogP contribution >= 0.6 is 11.3 Å². The SMILES string of the molecule is CCOCCCNC(=NCc1nnc(C)n1C)NCc1cccs1. The topological polar surface area (TPSA) is 76.4 Å². The van der Waals surface area contributed by atoms with Crippen LogP contribution in [0.2, 0.25) is 0 Å². The van der Waals surface area contributed by atoms with E-state index < -0.39 is 0 Å². The predicted octanol–water partition coefficient (Wildman–Crippen LogP) is 1.85. The quantitative estimate of drug-likeness (QED) is 0.410. The first kappa shape index (κ1) is 18.4. The maximum Gasteiger partial charge on any atom is 0.192 e. The number of hydrogen-bond acceptors (Lipinski definition) is 5. The third-order valence-electron chi connectivity index (χ3n) is 3.53. The van der Waals surface area contributed by atoms with Crippen molar-refractivity contribution in [1.82, 2.24) is 25.4 Å². The second-order valence-electron chi connectivity index (χ2n) is 5.30. The minimum atomic E-state index is 0.489. The van der Waals surface area contributed by atoms with E-state index in [9.17, 15) is 0 Å². The molecule has 8 heteroatoms. The molecule has 0 aliphatic heterocycles. The summed E-state index contributed by atoms with van der Waals surface area (Å²) in [4.78, 5) is 5.89. The number of ether oxygens (including phenoxy) is 1. The van der Waals surface area contributed by atoms with Gasteiger partial charge in [-0.25, -0.2) is 4.99 Å². The van der Waals surface area contributed by atoms with E-state index in [4.69, 9.17) is 4.74 Å². The van der Waals surface area contributed by atoms with E-state index in [0.29, 0.717) is 6.54 Å². The van der Waals surface area contributed by atoms with Gasteiger partial charge in [-0.15, -0.1) is 21.5 Å². The third-order valence-corrected chi connectivity index (χ3v) is 4.41. The summed E-state index contributed by atoms with van der Waals surface area (Å²) < 4.78 is 7.32. The summed E-state index contributed by atoms with van der Waals surface area (Å²) in [6.07, 6.45) is 0.941. The molecule has 24 heavy (non-hydrogen) atoms. The van der Waals surface area contributed by atoms with Gasteiger partial charge in [0.25, 0.3) is 0 Å². The summed E-state index contributed by atoms with van der Waals surface area (Å²) in [6, 6.07) is 4.16. The van der Waals surface area contributed by atoms with Crippen molar-refractivity contribution in [3.8, 4) is 0 Å². The molecule has 0 atom stereocenters. The maximum absolute atomic E-state index is 5.36. The molecular formula is C16H26N6OS. The van der Waals surface area contributed by atoms with Gasteiger partial charge in [0.15, 0.2) is 11.8 Å². The van der Waals surface area contributed by atoms with Crippen LogP contribution < -0.4 is 10.6 Å². The second-order valence-corrected chi connectivity index (χ2v) is 6.33. The molecule has 2 rings (SSSR count). The highest BCUT2D eigenvalue weighted by molar-refractivity contribution is 7.09. The van der Waals surface area contributed by atoms with Gasteiger partial charge >= 0.3 is 0 Å². The van der Waals surface area contributed by atoms with Crippen molar-refractivity contribution < 1.29 is 4.74 Å². The maximum atomic E-state index is 5.36. The van der Waals surface area contributed by atoms with E-state index in [1.54, 1.807) is 11.3 Å². The summed E-state index contributed by atoms with van der Waals surface area (Å²) in [5, 5.41) is 17.0. The molecule has 0 saturated heterocycles. The van der Waals surface area contributed by atoms with Crippen LogP contribution in [0.4, 0.5) is 0 Å². The number of guanidine groups is 1. The Hall–Kier alpha value is -1.93. The summed E-state index contributed by atoms with van der Waals surface area (Å²) in [5.74, 6) is 2.51. The molecule has 132 valence electrons. The molecular weight excluding hydrogens is 324 g/mol. The minimum absolute atomic E-state index is 0.489. The van der Waals surface area contributed by atoms with Gasteiger partial charge in [-0.3, -0.25) is 0 Å². The van der Waals surface area contributed by atoms with Gasteiger partial charge in [-0.05, 0) is 31.7 Å². The molecule has 0 spiro atoms. The first-order chi connectivity index (χ1) is 11.7. The summed E-state index contributed by atoms with van der Waals surface area (Å²) >= 11 is 1.73. The highest BCUT2D eigenvalue weighted by Gasteiger charge is 2.05. The van der Waals surface area contributed by atoms with Crippen LogP contribution in [0.15, 0.2) is 22.5 Å². The van der Waals surface area contributed by atoms with Crippen molar-refractivity contribution in [2.45, 2.75) is 33.4 Å². The van der Waals surface area contributed by atoms with Gasteiger partial charge in [-0.2, -0.15) is 0 Å². The first-order valence-corrected chi connectivity index (χ1v) is 9.05. The zero-order chi connectivity index (χ0) is 17.2. The van der Waals surface area contributed by atoms with Crippen molar-refractivity contribution in [3.05, 3.63) is 34.0 Å². The molecule has 2 N–H and O–H groups in total. The minimum Gasteiger partial charge on any atom is -0.382 e. The number of rotatable bonds is 9. The average molecular weight is 350 g/mol. The van der Waals surface area contributed by atoms with E-state index in [0.717, 1.165) is 50.3 Å². The molecule has 0 saturated carbocycles. The van der Waals surface area contributed by atoms with E-state index in [-0.39, 0.29) is 0 Å². The van der Waals surface area contributed by atoms with Crippen LogP contribution in [0.3, 0.4) is 0 Å². The Morgan fingerprint density at radius 2 is 2.25 bits per heavy atom. The summed E-state index contributed by atoms with van der Waals surface area (Å²) in [6.45, 7) is 7.50. The van der Waals surface area contributed by atoms with E-state index >= 15 is 0 Å². The molecule has 0 radical (unpaired) electrons. The summed E-state index contributed by atoms with van der Waals surface area (Å²) in [5.41, 5.74) is 0. The van der Waals surface area contributed by atoms with Crippen LogP contribution in [-0.2, 0) is 24.9 Å². The lowest BCUT2D eigenvalue weighted by molar-refractivity contribution is 0.145. The molecule has 7 nitrogen and oxygen atoms in total. The van der Waals surface area contributed by atoms with Crippen LogP contribution in [0, 0.1) is 6.92 Å². The molecule has 0 amide bonds. The standard InChI is InChI=1S/C16H26N6OS/c1-4-23-9-6-8-17-16(18-11-14-7-5-10-24-14)19-12-15-21-20-13(2)22(15)3/h5,7,10H,4,6,8-9,11-12H2,1-3H3,(H2,17,18,19). The van der Waals surface area contributed by atoms with Gasteiger partial charge in [0.05, 0.1) is 6.54 Å². The zero-order valence-electron chi connectivity index (χ0n) is 14.6. The number of aromatic nitrogens is 3. The van der Waals surface area contributed by atoms with Gasteiger partial charge in [0.2, 0.25) is 0 Å². The number of hydrogen-bond donors (Lipinski definition) is 2. The van der Waals surface area contributed by atoms with Gasteiger partial charge in [0, 0.05) is 31.7 Å². The average Bonchev–Trinajstić information content (AvgIpc) is 3.21. The Labute approximate surface area is 147 Å². The smallest absolute Gasteiger partial charge is 0.192 e. The lowest BCUT2D eigenvalue weighted by Gasteiger charge is -2.12. The number of thiophene rings is 1. The first-order valence-electron chi connectivity index (χ1n) is 8.18. The Bertz CT molecular complexity index is 623. The largest absolute Gasteiger partial charge is 0.382 e. The fourth-order valence-corrected chi connectivity index (χ4v) is 2.67. The van der Waals surface area contributed by atoms with Crippen molar-refractivity contribution in [2.24, 2.45) is 12.0 Å². The number of aryl methyl sites for hydroxylation is 1. The molecule has 0 aliphatic carbocycles. The van der Waals surface area contributed by atoms with E-state index in [2.05, 4.69) is 43.3 Å². The number of nitrogens with one attached hydrogen (secondary N) is 2.